The number of hydrogen-bond acceptors (Lipinski definition) is 3. The molecule has 0 bridgehead atoms. The first-order valence-corrected chi connectivity index (χ1v) is 7.10. The SMILES string of the molecule is Cc1nc(C)c(C(=O)Cc2c(F)ccc(Br)c2F)s1. The van der Waals surface area contributed by atoms with E-state index in [1.54, 1.807) is 13.8 Å². The number of rotatable bonds is 3. The van der Waals surface area contributed by atoms with Gasteiger partial charge in [-0.25, -0.2) is 13.8 Å². The lowest BCUT2D eigenvalue weighted by atomic mass is 10.1. The van der Waals surface area contributed by atoms with Crippen LogP contribution in [0, 0.1) is 25.5 Å². The number of ketones is 1. The minimum atomic E-state index is -0.729. The molecular formula is C13H10BrF2NOS. The van der Waals surface area contributed by atoms with Crippen LogP contribution in [0.15, 0.2) is 16.6 Å². The van der Waals surface area contributed by atoms with Crippen molar-refractivity contribution in [2.45, 2.75) is 20.3 Å². The summed E-state index contributed by atoms with van der Waals surface area (Å²) in [5, 5.41) is 0.760. The van der Waals surface area contributed by atoms with Crippen LogP contribution >= 0.6 is 27.3 Å². The number of aryl methyl sites for hydroxylation is 2. The van der Waals surface area contributed by atoms with Crippen LogP contribution in [0.2, 0.25) is 0 Å². The van der Waals surface area contributed by atoms with Gasteiger partial charge in [0.2, 0.25) is 0 Å². The van der Waals surface area contributed by atoms with Crippen LogP contribution < -0.4 is 0 Å². The van der Waals surface area contributed by atoms with E-state index in [4.69, 9.17) is 0 Å². The van der Waals surface area contributed by atoms with Crippen molar-refractivity contribution in [2.75, 3.05) is 0 Å². The second-order valence-corrected chi connectivity index (χ2v) is 6.13. The minimum absolute atomic E-state index is 0.147. The second kappa shape index (κ2) is 5.46. The largest absolute Gasteiger partial charge is 0.293 e. The molecule has 0 saturated heterocycles. The molecule has 1 aromatic heterocycles. The summed E-state index contributed by atoms with van der Waals surface area (Å²) in [5.74, 6) is -1.76. The van der Waals surface area contributed by atoms with Gasteiger partial charge < -0.3 is 0 Å². The highest BCUT2D eigenvalue weighted by molar-refractivity contribution is 9.10. The van der Waals surface area contributed by atoms with Gasteiger partial charge in [-0.05, 0) is 41.9 Å². The van der Waals surface area contributed by atoms with Gasteiger partial charge >= 0.3 is 0 Å². The van der Waals surface area contributed by atoms with E-state index in [-0.39, 0.29) is 22.2 Å². The fraction of sp³-hybridized carbons (Fsp3) is 0.231. The predicted molar refractivity (Wildman–Crippen MR) is 73.7 cm³/mol. The van der Waals surface area contributed by atoms with E-state index in [0.29, 0.717) is 10.6 Å². The van der Waals surface area contributed by atoms with Crippen molar-refractivity contribution in [3.05, 3.63) is 49.4 Å². The van der Waals surface area contributed by atoms with Gasteiger partial charge in [-0.15, -0.1) is 11.3 Å². The summed E-state index contributed by atoms with van der Waals surface area (Å²) in [4.78, 5) is 16.7. The van der Waals surface area contributed by atoms with Crippen molar-refractivity contribution < 1.29 is 13.6 Å². The Hall–Kier alpha value is -1.14. The van der Waals surface area contributed by atoms with Gasteiger partial charge in [-0.1, -0.05) is 0 Å². The first-order valence-electron chi connectivity index (χ1n) is 5.49. The highest BCUT2D eigenvalue weighted by Gasteiger charge is 2.20. The molecule has 2 rings (SSSR count). The molecule has 1 heterocycles. The summed E-state index contributed by atoms with van der Waals surface area (Å²) in [6.45, 7) is 3.50. The molecule has 0 spiro atoms. The molecule has 0 atom stereocenters. The Morgan fingerprint density at radius 3 is 2.63 bits per heavy atom. The predicted octanol–water partition coefficient (Wildman–Crippen LogP) is 4.23. The highest BCUT2D eigenvalue weighted by Crippen LogP contribution is 2.25. The number of benzene rings is 1. The zero-order valence-electron chi connectivity index (χ0n) is 10.3. The second-order valence-electron chi connectivity index (χ2n) is 4.07. The lowest BCUT2D eigenvalue weighted by Crippen LogP contribution is -2.07. The van der Waals surface area contributed by atoms with E-state index >= 15 is 0 Å². The standard InChI is InChI=1S/C13H10BrF2NOS/c1-6-13(19-7(2)17-6)11(18)5-8-10(15)4-3-9(14)12(8)16/h3-4H,5H2,1-2H3. The number of hydrogen-bond donors (Lipinski definition) is 0. The number of nitrogens with zero attached hydrogens (tertiary/aromatic N) is 1. The molecule has 0 unspecified atom stereocenters. The number of carbonyl (C=O) groups is 1. The summed E-state index contributed by atoms with van der Waals surface area (Å²) in [7, 11) is 0. The molecular weight excluding hydrogens is 336 g/mol. The molecule has 0 fully saturated rings. The lowest BCUT2D eigenvalue weighted by molar-refractivity contribution is 0.0993. The van der Waals surface area contributed by atoms with Crippen LogP contribution in [-0.4, -0.2) is 10.8 Å². The molecule has 6 heteroatoms. The molecule has 2 aromatic rings. The van der Waals surface area contributed by atoms with Crippen molar-refractivity contribution in [2.24, 2.45) is 0 Å². The molecule has 0 aliphatic carbocycles. The monoisotopic (exact) mass is 345 g/mol. The summed E-state index contributed by atoms with van der Waals surface area (Å²) >= 11 is 4.22. The molecule has 1 aromatic carbocycles. The third-order valence-corrected chi connectivity index (χ3v) is 4.36. The number of halogens is 3. The normalized spacial score (nSPS) is 10.8. The molecule has 0 aliphatic rings. The smallest absolute Gasteiger partial charge is 0.179 e. The van der Waals surface area contributed by atoms with Crippen molar-refractivity contribution in [1.29, 1.82) is 0 Å². The fourth-order valence-electron chi connectivity index (χ4n) is 1.76. The molecule has 100 valence electrons. The van der Waals surface area contributed by atoms with Crippen molar-refractivity contribution in [1.82, 2.24) is 4.98 Å². The maximum absolute atomic E-state index is 13.8. The van der Waals surface area contributed by atoms with E-state index in [2.05, 4.69) is 20.9 Å². The average molecular weight is 346 g/mol. The van der Waals surface area contributed by atoms with Crippen molar-refractivity contribution in [3.63, 3.8) is 0 Å². The van der Waals surface area contributed by atoms with Crippen LogP contribution in [0.1, 0.15) is 25.9 Å². The van der Waals surface area contributed by atoms with Gasteiger partial charge in [-0.2, -0.15) is 0 Å². The van der Waals surface area contributed by atoms with Gasteiger partial charge in [-0.3, -0.25) is 4.79 Å². The summed E-state index contributed by atoms with van der Waals surface area (Å²) in [5.41, 5.74) is 0.383. The van der Waals surface area contributed by atoms with Crippen molar-refractivity contribution in [3.8, 4) is 0 Å². The highest BCUT2D eigenvalue weighted by atomic mass is 79.9. The number of aromatic nitrogens is 1. The topological polar surface area (TPSA) is 30.0 Å². The summed E-state index contributed by atoms with van der Waals surface area (Å²) in [6.07, 6.45) is -0.306. The first-order chi connectivity index (χ1) is 8.90. The van der Waals surface area contributed by atoms with Crippen LogP contribution in [0.4, 0.5) is 8.78 Å². The zero-order valence-corrected chi connectivity index (χ0v) is 12.7. The molecule has 19 heavy (non-hydrogen) atoms. The zero-order chi connectivity index (χ0) is 14.2. The third-order valence-electron chi connectivity index (χ3n) is 2.63. The first kappa shape index (κ1) is 14.3. The van der Waals surface area contributed by atoms with Gasteiger partial charge in [0.05, 0.1) is 20.1 Å². The quantitative estimate of drug-likeness (QED) is 0.615. The Morgan fingerprint density at radius 1 is 1.37 bits per heavy atom. The van der Waals surface area contributed by atoms with Crippen molar-refractivity contribution >= 4 is 33.0 Å². The van der Waals surface area contributed by atoms with E-state index in [0.717, 1.165) is 11.1 Å². The van der Waals surface area contributed by atoms with Crippen LogP contribution in [-0.2, 0) is 6.42 Å². The number of thiazole rings is 1. The van der Waals surface area contributed by atoms with Gasteiger partial charge in [0.15, 0.2) is 5.78 Å². The summed E-state index contributed by atoms with van der Waals surface area (Å²) < 4.78 is 27.5. The van der Waals surface area contributed by atoms with Gasteiger partial charge in [0, 0.05) is 12.0 Å². The molecule has 0 saturated carbocycles. The maximum atomic E-state index is 13.8. The Bertz CT molecular complexity index is 654. The Morgan fingerprint density at radius 2 is 2.05 bits per heavy atom. The molecule has 0 aliphatic heterocycles. The van der Waals surface area contributed by atoms with E-state index < -0.39 is 11.6 Å². The Labute approximate surface area is 121 Å². The third kappa shape index (κ3) is 2.90. The van der Waals surface area contributed by atoms with E-state index in [9.17, 15) is 13.6 Å². The number of carbonyl (C=O) groups excluding carboxylic acids is 1. The Kier molecular flexibility index (Phi) is 4.10. The Balaban J connectivity index is 2.34. The minimum Gasteiger partial charge on any atom is -0.293 e. The maximum Gasteiger partial charge on any atom is 0.179 e. The van der Waals surface area contributed by atoms with Crippen LogP contribution in [0.25, 0.3) is 0 Å². The summed E-state index contributed by atoms with van der Waals surface area (Å²) in [6, 6.07) is 2.42. The van der Waals surface area contributed by atoms with E-state index in [1.165, 1.54) is 17.4 Å². The average Bonchev–Trinajstić information content (AvgIpc) is 2.69. The molecule has 0 radical (unpaired) electrons. The van der Waals surface area contributed by atoms with Gasteiger partial charge in [0.25, 0.3) is 0 Å². The fourth-order valence-corrected chi connectivity index (χ4v) is 2.99. The van der Waals surface area contributed by atoms with Crippen LogP contribution in [0.5, 0.6) is 0 Å². The number of Topliss-reactive ketones (excluding diaryl/α,β-unsaturated/α-hetero) is 1. The molecule has 0 amide bonds. The van der Waals surface area contributed by atoms with Gasteiger partial charge in [0.1, 0.15) is 11.6 Å². The molecule has 2 nitrogen and oxygen atoms in total. The lowest BCUT2D eigenvalue weighted by Gasteiger charge is -2.05. The van der Waals surface area contributed by atoms with Crippen LogP contribution in [0.3, 0.4) is 0 Å². The van der Waals surface area contributed by atoms with E-state index in [1.807, 2.05) is 0 Å². The molecule has 0 N–H and O–H groups in total.